The molecule has 3 rings (SSSR count). The van der Waals surface area contributed by atoms with E-state index in [1.165, 1.54) is 12.8 Å². The summed E-state index contributed by atoms with van der Waals surface area (Å²) < 4.78 is 0. The van der Waals surface area contributed by atoms with Gasteiger partial charge in [0.1, 0.15) is 5.82 Å². The van der Waals surface area contributed by atoms with Crippen LogP contribution in [-0.4, -0.2) is 15.2 Å². The summed E-state index contributed by atoms with van der Waals surface area (Å²) in [7, 11) is 0. The fraction of sp³-hybridized carbons (Fsp3) is 0.273. The second-order valence-corrected chi connectivity index (χ2v) is 4.85. The van der Waals surface area contributed by atoms with Crippen LogP contribution >= 0.6 is 23.2 Å². The third-order valence-electron chi connectivity index (χ3n) is 2.59. The second-order valence-electron chi connectivity index (χ2n) is 3.98. The number of nitrogens with zero attached hydrogens (tertiary/aromatic N) is 2. The Morgan fingerprint density at radius 3 is 2.44 bits per heavy atom. The highest BCUT2D eigenvalue weighted by atomic mass is 35.5. The molecule has 1 heterocycles. The monoisotopic (exact) mass is 253 g/mol. The number of H-pyrrole nitrogens is 1. The summed E-state index contributed by atoms with van der Waals surface area (Å²) in [6.45, 7) is 0. The van der Waals surface area contributed by atoms with Crippen LogP contribution in [0, 0.1) is 0 Å². The predicted octanol–water partition coefficient (Wildman–Crippen LogP) is 3.66. The Kier molecular flexibility index (Phi) is 2.37. The van der Waals surface area contributed by atoms with Crippen LogP contribution in [0.2, 0.25) is 10.0 Å². The van der Waals surface area contributed by atoms with Gasteiger partial charge < -0.3 is 0 Å². The van der Waals surface area contributed by atoms with Gasteiger partial charge in [0, 0.05) is 21.5 Å². The summed E-state index contributed by atoms with van der Waals surface area (Å²) in [4.78, 5) is 4.44. The van der Waals surface area contributed by atoms with Crippen LogP contribution in [0.1, 0.15) is 24.6 Å². The van der Waals surface area contributed by atoms with Crippen molar-refractivity contribution in [1.82, 2.24) is 15.2 Å². The average Bonchev–Trinajstić information content (AvgIpc) is 2.95. The Morgan fingerprint density at radius 2 is 1.81 bits per heavy atom. The van der Waals surface area contributed by atoms with Gasteiger partial charge in [-0.05, 0) is 31.0 Å². The van der Waals surface area contributed by atoms with E-state index in [0.29, 0.717) is 21.8 Å². The summed E-state index contributed by atoms with van der Waals surface area (Å²) >= 11 is 11.9. The van der Waals surface area contributed by atoms with Gasteiger partial charge in [-0.15, -0.1) is 0 Å². The first-order valence-corrected chi connectivity index (χ1v) is 5.87. The van der Waals surface area contributed by atoms with E-state index in [-0.39, 0.29) is 0 Å². The van der Waals surface area contributed by atoms with Gasteiger partial charge in [0.25, 0.3) is 0 Å². The number of rotatable bonds is 2. The van der Waals surface area contributed by atoms with Crippen molar-refractivity contribution in [2.75, 3.05) is 0 Å². The summed E-state index contributed by atoms with van der Waals surface area (Å²) in [6, 6.07) is 5.32. The molecule has 0 bridgehead atoms. The van der Waals surface area contributed by atoms with E-state index in [4.69, 9.17) is 23.2 Å². The van der Waals surface area contributed by atoms with Crippen LogP contribution in [0.5, 0.6) is 0 Å². The molecular weight excluding hydrogens is 245 g/mol. The van der Waals surface area contributed by atoms with E-state index in [1.54, 1.807) is 6.07 Å². The normalized spacial score (nSPS) is 15.4. The van der Waals surface area contributed by atoms with E-state index in [2.05, 4.69) is 15.2 Å². The number of aromatic amines is 1. The lowest BCUT2D eigenvalue weighted by Gasteiger charge is -1.97. The van der Waals surface area contributed by atoms with E-state index >= 15 is 0 Å². The summed E-state index contributed by atoms with van der Waals surface area (Å²) in [6.07, 6.45) is 2.40. The Morgan fingerprint density at radius 1 is 1.12 bits per heavy atom. The fourth-order valence-electron chi connectivity index (χ4n) is 1.63. The van der Waals surface area contributed by atoms with E-state index in [9.17, 15) is 0 Å². The van der Waals surface area contributed by atoms with Gasteiger partial charge in [-0.1, -0.05) is 23.2 Å². The standard InChI is InChI=1S/C11H9Cl2N3/c12-8-3-7(4-9(13)5-8)11-14-10(15-16-11)6-1-2-6/h3-6H,1-2H2,(H,14,15,16). The summed E-state index contributed by atoms with van der Waals surface area (Å²) in [5.74, 6) is 2.19. The molecule has 1 aliphatic rings. The van der Waals surface area contributed by atoms with Crippen LogP contribution in [0.15, 0.2) is 18.2 Å². The van der Waals surface area contributed by atoms with Crippen molar-refractivity contribution in [3.8, 4) is 11.4 Å². The minimum atomic E-state index is 0.566. The third kappa shape index (κ3) is 1.93. The topological polar surface area (TPSA) is 41.6 Å². The van der Waals surface area contributed by atoms with Crippen LogP contribution in [-0.2, 0) is 0 Å². The molecule has 0 atom stereocenters. The zero-order valence-electron chi connectivity index (χ0n) is 8.37. The molecule has 1 N–H and O–H groups in total. The molecule has 2 aromatic rings. The predicted molar refractivity (Wildman–Crippen MR) is 63.8 cm³/mol. The van der Waals surface area contributed by atoms with E-state index in [1.807, 2.05) is 12.1 Å². The first kappa shape index (κ1) is 10.1. The fourth-order valence-corrected chi connectivity index (χ4v) is 2.15. The number of benzene rings is 1. The van der Waals surface area contributed by atoms with Gasteiger partial charge in [-0.25, -0.2) is 4.98 Å². The summed E-state index contributed by atoms with van der Waals surface area (Å²) in [5.41, 5.74) is 0.848. The molecule has 82 valence electrons. The van der Waals surface area contributed by atoms with Crippen molar-refractivity contribution >= 4 is 23.2 Å². The van der Waals surface area contributed by atoms with Gasteiger partial charge in [0.2, 0.25) is 0 Å². The first-order valence-electron chi connectivity index (χ1n) is 5.11. The van der Waals surface area contributed by atoms with Crippen molar-refractivity contribution in [3.05, 3.63) is 34.1 Å². The minimum Gasteiger partial charge on any atom is -0.262 e. The Balaban J connectivity index is 2.00. The molecule has 1 fully saturated rings. The van der Waals surface area contributed by atoms with E-state index < -0.39 is 0 Å². The van der Waals surface area contributed by atoms with Crippen molar-refractivity contribution in [2.45, 2.75) is 18.8 Å². The molecule has 5 heteroatoms. The highest BCUT2D eigenvalue weighted by Gasteiger charge is 2.27. The zero-order chi connectivity index (χ0) is 11.1. The third-order valence-corrected chi connectivity index (χ3v) is 3.02. The van der Waals surface area contributed by atoms with Gasteiger partial charge in [-0.3, -0.25) is 5.10 Å². The minimum absolute atomic E-state index is 0.566. The number of hydrogen-bond donors (Lipinski definition) is 1. The van der Waals surface area contributed by atoms with Crippen LogP contribution < -0.4 is 0 Å². The molecule has 1 saturated carbocycles. The van der Waals surface area contributed by atoms with Gasteiger partial charge >= 0.3 is 0 Å². The molecule has 0 unspecified atom stereocenters. The van der Waals surface area contributed by atoms with Crippen molar-refractivity contribution in [1.29, 1.82) is 0 Å². The lowest BCUT2D eigenvalue weighted by atomic mass is 10.2. The van der Waals surface area contributed by atoms with Crippen LogP contribution in [0.3, 0.4) is 0 Å². The Bertz CT molecular complexity index is 512. The van der Waals surface area contributed by atoms with Gasteiger partial charge in [-0.2, -0.15) is 5.10 Å². The zero-order valence-corrected chi connectivity index (χ0v) is 9.89. The van der Waals surface area contributed by atoms with E-state index in [0.717, 1.165) is 11.4 Å². The van der Waals surface area contributed by atoms with Crippen LogP contribution in [0.4, 0.5) is 0 Å². The second kappa shape index (κ2) is 3.75. The molecule has 0 amide bonds. The average molecular weight is 254 g/mol. The molecule has 0 saturated heterocycles. The Labute approximate surface area is 103 Å². The van der Waals surface area contributed by atoms with Crippen molar-refractivity contribution in [2.24, 2.45) is 0 Å². The molecule has 3 nitrogen and oxygen atoms in total. The maximum absolute atomic E-state index is 5.93. The number of hydrogen-bond acceptors (Lipinski definition) is 2. The highest BCUT2D eigenvalue weighted by Crippen LogP contribution is 2.38. The summed E-state index contributed by atoms with van der Waals surface area (Å²) in [5, 5.41) is 8.33. The lowest BCUT2D eigenvalue weighted by Crippen LogP contribution is -1.82. The number of aromatic nitrogens is 3. The number of halogens is 2. The molecule has 0 radical (unpaired) electrons. The lowest BCUT2D eigenvalue weighted by molar-refractivity contribution is 0.935. The molecule has 0 aliphatic heterocycles. The largest absolute Gasteiger partial charge is 0.262 e. The number of nitrogens with one attached hydrogen (secondary N) is 1. The molecule has 1 aromatic heterocycles. The molecule has 1 aromatic carbocycles. The maximum Gasteiger partial charge on any atom is 0.181 e. The first-order chi connectivity index (χ1) is 7.72. The van der Waals surface area contributed by atoms with Gasteiger partial charge in [0.05, 0.1) is 0 Å². The molecular formula is C11H9Cl2N3. The van der Waals surface area contributed by atoms with Crippen molar-refractivity contribution in [3.63, 3.8) is 0 Å². The van der Waals surface area contributed by atoms with Crippen molar-refractivity contribution < 1.29 is 0 Å². The quantitative estimate of drug-likeness (QED) is 0.888. The highest BCUT2D eigenvalue weighted by molar-refractivity contribution is 6.35. The smallest absolute Gasteiger partial charge is 0.181 e. The maximum atomic E-state index is 5.93. The molecule has 1 aliphatic carbocycles. The Hall–Kier alpha value is -1.06. The van der Waals surface area contributed by atoms with Gasteiger partial charge in [0.15, 0.2) is 5.82 Å². The molecule has 0 spiro atoms. The molecule has 16 heavy (non-hydrogen) atoms. The van der Waals surface area contributed by atoms with Crippen LogP contribution in [0.25, 0.3) is 11.4 Å². The SMILES string of the molecule is Clc1cc(Cl)cc(-c2n[nH]c(C3CC3)n2)c1.